The zero-order valence-electron chi connectivity index (χ0n) is 11.1. The van der Waals surface area contributed by atoms with E-state index < -0.39 is 11.4 Å². The van der Waals surface area contributed by atoms with E-state index >= 15 is 0 Å². The van der Waals surface area contributed by atoms with E-state index in [9.17, 15) is 9.90 Å². The summed E-state index contributed by atoms with van der Waals surface area (Å²) >= 11 is 0. The molecule has 0 atom stereocenters. The van der Waals surface area contributed by atoms with Crippen LogP contribution in [0.4, 0.5) is 0 Å². The largest absolute Gasteiger partial charge is 0.481 e. The highest BCUT2D eigenvalue weighted by Gasteiger charge is 2.50. The number of benzene rings is 2. The van der Waals surface area contributed by atoms with Crippen LogP contribution < -0.4 is 5.73 Å². The summed E-state index contributed by atoms with van der Waals surface area (Å²) in [5.41, 5.74) is 8.09. The first-order valence-corrected chi connectivity index (χ1v) is 6.77. The van der Waals surface area contributed by atoms with Gasteiger partial charge in [-0.15, -0.1) is 0 Å². The number of hydrogen-bond donors (Lipinski definition) is 2. The minimum absolute atomic E-state index is 0.0000927. The van der Waals surface area contributed by atoms with Crippen molar-refractivity contribution in [3.63, 3.8) is 0 Å². The predicted molar refractivity (Wildman–Crippen MR) is 78.4 cm³/mol. The topological polar surface area (TPSA) is 63.3 Å². The second-order valence-corrected chi connectivity index (χ2v) is 5.50. The van der Waals surface area contributed by atoms with E-state index in [0.717, 1.165) is 16.7 Å². The van der Waals surface area contributed by atoms with Crippen molar-refractivity contribution in [2.45, 2.75) is 24.3 Å². The Labute approximate surface area is 118 Å². The highest BCUT2D eigenvalue weighted by molar-refractivity contribution is 5.83. The monoisotopic (exact) mass is 267 g/mol. The molecule has 3 heteroatoms. The van der Waals surface area contributed by atoms with Crippen molar-refractivity contribution in [1.29, 1.82) is 0 Å². The van der Waals surface area contributed by atoms with Crippen LogP contribution in [0.2, 0.25) is 0 Å². The third-order valence-electron chi connectivity index (χ3n) is 4.18. The lowest BCUT2D eigenvalue weighted by Crippen LogP contribution is -2.54. The molecule has 1 saturated carbocycles. The molecular weight excluding hydrogens is 250 g/mol. The summed E-state index contributed by atoms with van der Waals surface area (Å²) < 4.78 is 0. The summed E-state index contributed by atoms with van der Waals surface area (Å²) in [4.78, 5) is 11.5. The Morgan fingerprint density at radius 1 is 1.00 bits per heavy atom. The molecule has 1 fully saturated rings. The second-order valence-electron chi connectivity index (χ2n) is 5.50. The average Bonchev–Trinajstić information content (AvgIpc) is 2.44. The van der Waals surface area contributed by atoms with Crippen LogP contribution in [0.5, 0.6) is 0 Å². The molecule has 0 heterocycles. The van der Waals surface area contributed by atoms with Crippen molar-refractivity contribution >= 4 is 5.97 Å². The summed E-state index contributed by atoms with van der Waals surface area (Å²) in [7, 11) is 0. The van der Waals surface area contributed by atoms with Gasteiger partial charge in [-0.05, 0) is 29.5 Å². The van der Waals surface area contributed by atoms with Gasteiger partial charge >= 0.3 is 5.97 Å². The van der Waals surface area contributed by atoms with Gasteiger partial charge in [-0.1, -0.05) is 54.6 Å². The molecule has 1 aliphatic carbocycles. The number of carboxylic acids is 1. The number of nitrogens with two attached hydrogens (primary N) is 1. The molecule has 2 aromatic carbocycles. The molecule has 0 radical (unpaired) electrons. The first-order chi connectivity index (χ1) is 9.62. The van der Waals surface area contributed by atoms with Crippen LogP contribution in [0.15, 0.2) is 54.6 Å². The van der Waals surface area contributed by atoms with Crippen molar-refractivity contribution in [2.24, 2.45) is 5.73 Å². The lowest BCUT2D eigenvalue weighted by molar-refractivity contribution is -0.148. The van der Waals surface area contributed by atoms with Crippen molar-refractivity contribution in [3.05, 3.63) is 60.2 Å². The fraction of sp³-hybridized carbons (Fsp3) is 0.235. The smallest absolute Gasteiger partial charge is 0.314 e. The Morgan fingerprint density at radius 3 is 2.05 bits per heavy atom. The Bertz CT molecular complexity index is 613. The van der Waals surface area contributed by atoms with Crippen LogP contribution in [-0.4, -0.2) is 17.1 Å². The van der Waals surface area contributed by atoms with Crippen molar-refractivity contribution in [2.75, 3.05) is 0 Å². The SMILES string of the molecule is NC1CC(C(=O)O)(c2ccc(-c3ccccc3)cc2)C1. The van der Waals surface area contributed by atoms with E-state index in [1.165, 1.54) is 0 Å². The maximum atomic E-state index is 11.5. The summed E-state index contributed by atoms with van der Waals surface area (Å²) in [6.45, 7) is 0. The van der Waals surface area contributed by atoms with Gasteiger partial charge in [0, 0.05) is 6.04 Å². The predicted octanol–water partition coefficient (Wildman–Crippen LogP) is 2.80. The van der Waals surface area contributed by atoms with Crippen LogP contribution in [0, 0.1) is 0 Å². The molecule has 3 nitrogen and oxygen atoms in total. The molecule has 3 rings (SSSR count). The zero-order chi connectivity index (χ0) is 14.2. The minimum Gasteiger partial charge on any atom is -0.481 e. The molecular formula is C17H17NO2. The van der Waals surface area contributed by atoms with Gasteiger partial charge in [0.1, 0.15) is 0 Å². The molecule has 1 aliphatic rings. The standard InChI is InChI=1S/C17H17NO2/c18-15-10-17(11-15,16(19)20)14-8-6-13(7-9-14)12-4-2-1-3-5-12/h1-9,15H,10-11,18H2,(H,19,20). The van der Waals surface area contributed by atoms with Gasteiger partial charge in [0.15, 0.2) is 0 Å². The minimum atomic E-state index is -0.783. The molecule has 0 aromatic heterocycles. The Morgan fingerprint density at radius 2 is 1.55 bits per heavy atom. The molecule has 0 spiro atoms. The summed E-state index contributed by atoms with van der Waals surface area (Å²) in [5, 5.41) is 9.49. The van der Waals surface area contributed by atoms with Crippen molar-refractivity contribution in [1.82, 2.24) is 0 Å². The highest BCUT2D eigenvalue weighted by Crippen LogP contribution is 2.43. The van der Waals surface area contributed by atoms with E-state index in [2.05, 4.69) is 0 Å². The third-order valence-corrected chi connectivity index (χ3v) is 4.18. The third kappa shape index (κ3) is 2.00. The van der Waals surface area contributed by atoms with Crippen molar-refractivity contribution < 1.29 is 9.90 Å². The van der Waals surface area contributed by atoms with Gasteiger partial charge in [-0.2, -0.15) is 0 Å². The van der Waals surface area contributed by atoms with Gasteiger partial charge in [0.2, 0.25) is 0 Å². The van der Waals surface area contributed by atoms with Gasteiger partial charge in [0.25, 0.3) is 0 Å². The maximum Gasteiger partial charge on any atom is 0.314 e. The molecule has 0 amide bonds. The molecule has 0 unspecified atom stereocenters. The van der Waals surface area contributed by atoms with Gasteiger partial charge in [-0.25, -0.2) is 0 Å². The fourth-order valence-corrected chi connectivity index (χ4v) is 2.98. The van der Waals surface area contributed by atoms with Gasteiger partial charge in [-0.3, -0.25) is 4.79 Å². The van der Waals surface area contributed by atoms with Crippen molar-refractivity contribution in [3.8, 4) is 11.1 Å². The normalized spacial score (nSPS) is 24.9. The number of carbonyl (C=O) groups is 1. The van der Waals surface area contributed by atoms with E-state index in [1.807, 2.05) is 54.6 Å². The lowest BCUT2D eigenvalue weighted by Gasteiger charge is -2.43. The molecule has 20 heavy (non-hydrogen) atoms. The molecule has 0 saturated heterocycles. The fourth-order valence-electron chi connectivity index (χ4n) is 2.98. The van der Waals surface area contributed by atoms with E-state index in [1.54, 1.807) is 0 Å². The molecule has 0 aliphatic heterocycles. The molecule has 2 aromatic rings. The van der Waals surface area contributed by atoms with Crippen LogP contribution in [0.1, 0.15) is 18.4 Å². The molecule has 3 N–H and O–H groups in total. The van der Waals surface area contributed by atoms with Gasteiger partial charge < -0.3 is 10.8 Å². The number of hydrogen-bond acceptors (Lipinski definition) is 2. The first kappa shape index (κ1) is 12.9. The molecule has 0 bridgehead atoms. The van der Waals surface area contributed by atoms with E-state index in [4.69, 9.17) is 5.73 Å². The lowest BCUT2D eigenvalue weighted by atomic mass is 9.62. The number of aliphatic carboxylic acids is 1. The van der Waals surface area contributed by atoms with Crippen LogP contribution in [0.3, 0.4) is 0 Å². The quantitative estimate of drug-likeness (QED) is 0.898. The maximum absolute atomic E-state index is 11.5. The van der Waals surface area contributed by atoms with Crippen LogP contribution >= 0.6 is 0 Å². The van der Waals surface area contributed by atoms with E-state index in [0.29, 0.717) is 12.8 Å². The van der Waals surface area contributed by atoms with Gasteiger partial charge in [0.05, 0.1) is 5.41 Å². The van der Waals surface area contributed by atoms with E-state index in [-0.39, 0.29) is 6.04 Å². The Balaban J connectivity index is 1.92. The Kier molecular flexibility index (Phi) is 3.07. The highest BCUT2D eigenvalue weighted by atomic mass is 16.4. The molecule has 102 valence electrons. The summed E-state index contributed by atoms with van der Waals surface area (Å²) in [6, 6.07) is 17.9. The second kappa shape index (κ2) is 4.76. The summed E-state index contributed by atoms with van der Waals surface area (Å²) in [6.07, 6.45) is 1.04. The Hall–Kier alpha value is -2.13. The van der Waals surface area contributed by atoms with Crippen LogP contribution in [-0.2, 0) is 10.2 Å². The first-order valence-electron chi connectivity index (χ1n) is 6.77. The zero-order valence-corrected chi connectivity index (χ0v) is 11.1. The van der Waals surface area contributed by atoms with Crippen LogP contribution in [0.25, 0.3) is 11.1 Å². The number of carboxylic acid groups (broad SMARTS) is 1. The average molecular weight is 267 g/mol. The number of rotatable bonds is 3. The summed E-state index contributed by atoms with van der Waals surface area (Å²) in [5.74, 6) is -0.772.